The van der Waals surface area contributed by atoms with Crippen LogP contribution in [0.3, 0.4) is 0 Å². The first-order chi connectivity index (χ1) is 5.56. The van der Waals surface area contributed by atoms with Crippen LogP contribution in [0.25, 0.3) is 0 Å². The van der Waals surface area contributed by atoms with Crippen LogP contribution in [-0.4, -0.2) is 29.1 Å². The van der Waals surface area contributed by atoms with E-state index in [0.29, 0.717) is 12.3 Å². The van der Waals surface area contributed by atoms with Crippen molar-refractivity contribution in [1.29, 1.82) is 0 Å². The quantitative estimate of drug-likeness (QED) is 0.622. The Kier molecular flexibility index (Phi) is 5.45. The van der Waals surface area contributed by atoms with Crippen LogP contribution in [0, 0.1) is 5.92 Å². The molecule has 12 heavy (non-hydrogen) atoms. The summed E-state index contributed by atoms with van der Waals surface area (Å²) in [5, 5.41) is 17.3. The van der Waals surface area contributed by atoms with Crippen LogP contribution in [0.2, 0.25) is 0 Å². The molecule has 0 rings (SSSR count). The van der Waals surface area contributed by atoms with Crippen molar-refractivity contribution in [2.45, 2.75) is 32.8 Å². The van der Waals surface area contributed by atoms with E-state index in [1.807, 2.05) is 13.8 Å². The Morgan fingerprint density at radius 3 is 2.58 bits per heavy atom. The molecular formula is C8H16O4. The highest BCUT2D eigenvalue weighted by molar-refractivity contribution is 5.56. The van der Waals surface area contributed by atoms with E-state index >= 15 is 0 Å². The van der Waals surface area contributed by atoms with Crippen LogP contribution >= 0.6 is 0 Å². The van der Waals surface area contributed by atoms with Crippen molar-refractivity contribution in [2.24, 2.45) is 5.92 Å². The molecule has 4 nitrogen and oxygen atoms in total. The topological polar surface area (TPSA) is 66.8 Å². The van der Waals surface area contributed by atoms with Gasteiger partial charge in [-0.2, -0.15) is 0 Å². The Morgan fingerprint density at radius 1 is 1.58 bits per heavy atom. The highest BCUT2D eigenvalue weighted by Crippen LogP contribution is 2.09. The fourth-order valence-electron chi connectivity index (χ4n) is 0.867. The van der Waals surface area contributed by atoms with Crippen LogP contribution in [-0.2, 0) is 4.74 Å². The summed E-state index contributed by atoms with van der Waals surface area (Å²) in [5.74, 6) is 0.400. The zero-order valence-corrected chi connectivity index (χ0v) is 7.49. The summed E-state index contributed by atoms with van der Waals surface area (Å²) in [4.78, 5) is 9.93. The van der Waals surface area contributed by atoms with Crippen molar-refractivity contribution >= 4 is 6.16 Å². The van der Waals surface area contributed by atoms with Gasteiger partial charge in [0.05, 0.1) is 6.10 Å². The van der Waals surface area contributed by atoms with E-state index in [1.165, 1.54) is 0 Å². The molecule has 0 saturated carbocycles. The van der Waals surface area contributed by atoms with Crippen LogP contribution in [0.1, 0.15) is 26.7 Å². The lowest BCUT2D eigenvalue weighted by Gasteiger charge is -2.13. The third-order valence-corrected chi connectivity index (χ3v) is 1.77. The maximum Gasteiger partial charge on any atom is 0.505 e. The minimum Gasteiger partial charge on any atom is -0.450 e. The average Bonchev–Trinajstić information content (AvgIpc) is 2.00. The molecule has 2 N–H and O–H groups in total. The number of carbonyl (C=O) groups is 1. The van der Waals surface area contributed by atoms with E-state index in [9.17, 15) is 9.90 Å². The number of ether oxygens (including phenoxy) is 1. The molecule has 0 bridgehead atoms. The molecule has 2 atom stereocenters. The molecule has 0 spiro atoms. The van der Waals surface area contributed by atoms with Gasteiger partial charge in [-0.05, 0) is 12.3 Å². The van der Waals surface area contributed by atoms with Gasteiger partial charge in [0.2, 0.25) is 0 Å². The normalized spacial score (nSPS) is 15.2. The van der Waals surface area contributed by atoms with Crippen molar-refractivity contribution in [2.75, 3.05) is 6.61 Å². The van der Waals surface area contributed by atoms with Gasteiger partial charge >= 0.3 is 6.16 Å². The van der Waals surface area contributed by atoms with E-state index in [2.05, 4.69) is 4.74 Å². The summed E-state index contributed by atoms with van der Waals surface area (Å²) in [7, 11) is 0. The number of aliphatic hydroxyl groups excluding tert-OH is 1. The molecule has 0 aliphatic heterocycles. The molecule has 4 heteroatoms. The third-order valence-electron chi connectivity index (χ3n) is 1.77. The van der Waals surface area contributed by atoms with Crippen LogP contribution in [0.4, 0.5) is 4.79 Å². The second-order valence-corrected chi connectivity index (χ2v) is 2.98. The summed E-state index contributed by atoms with van der Waals surface area (Å²) in [5.41, 5.74) is 0. The van der Waals surface area contributed by atoms with Gasteiger partial charge in [-0.25, -0.2) is 4.79 Å². The Morgan fingerprint density at radius 2 is 2.17 bits per heavy atom. The molecule has 0 amide bonds. The summed E-state index contributed by atoms with van der Waals surface area (Å²) < 4.78 is 4.22. The van der Waals surface area contributed by atoms with Gasteiger partial charge in [-0.3, -0.25) is 0 Å². The van der Waals surface area contributed by atoms with E-state index in [0.717, 1.165) is 6.42 Å². The van der Waals surface area contributed by atoms with Crippen molar-refractivity contribution < 1.29 is 19.7 Å². The second kappa shape index (κ2) is 5.83. The maximum absolute atomic E-state index is 9.93. The number of hydrogen-bond donors (Lipinski definition) is 2. The van der Waals surface area contributed by atoms with Gasteiger partial charge in [0, 0.05) is 0 Å². The van der Waals surface area contributed by atoms with Crippen molar-refractivity contribution in [3.8, 4) is 0 Å². The summed E-state index contributed by atoms with van der Waals surface area (Å²) in [6.45, 7) is 3.90. The first kappa shape index (κ1) is 11.2. The largest absolute Gasteiger partial charge is 0.505 e. The number of rotatable bonds is 5. The van der Waals surface area contributed by atoms with Crippen molar-refractivity contribution in [3.63, 3.8) is 0 Å². The summed E-state index contributed by atoms with van der Waals surface area (Å²) in [6, 6.07) is 0. The maximum atomic E-state index is 9.93. The average molecular weight is 176 g/mol. The Balaban J connectivity index is 3.45. The third kappa shape index (κ3) is 5.97. The zero-order chi connectivity index (χ0) is 9.56. The smallest absolute Gasteiger partial charge is 0.450 e. The van der Waals surface area contributed by atoms with Crippen molar-refractivity contribution in [3.05, 3.63) is 0 Å². The molecule has 0 fully saturated rings. The minimum absolute atomic E-state index is 0.125. The zero-order valence-electron chi connectivity index (χ0n) is 7.49. The standard InChI is InChI=1S/C8H16O4/c1-3-6(2)4-7(9)5-12-8(10)11/h6-7,9H,3-5H2,1-2H3,(H,10,11). The molecule has 0 radical (unpaired) electrons. The highest BCUT2D eigenvalue weighted by atomic mass is 16.7. The van der Waals surface area contributed by atoms with E-state index < -0.39 is 12.3 Å². The van der Waals surface area contributed by atoms with Gasteiger partial charge in [-0.1, -0.05) is 20.3 Å². The minimum atomic E-state index is -1.33. The lowest BCUT2D eigenvalue weighted by Crippen LogP contribution is -2.20. The molecule has 0 aliphatic rings. The monoisotopic (exact) mass is 176 g/mol. The number of aliphatic hydroxyl groups is 1. The van der Waals surface area contributed by atoms with Gasteiger partial charge in [0.25, 0.3) is 0 Å². The Labute approximate surface area is 72.2 Å². The molecule has 0 saturated heterocycles. The number of hydrogen-bond acceptors (Lipinski definition) is 3. The molecule has 0 aromatic rings. The number of carboxylic acid groups (broad SMARTS) is 1. The molecule has 0 aromatic heterocycles. The van der Waals surface area contributed by atoms with Crippen LogP contribution in [0.15, 0.2) is 0 Å². The first-order valence-corrected chi connectivity index (χ1v) is 4.10. The fourth-order valence-corrected chi connectivity index (χ4v) is 0.867. The molecule has 2 unspecified atom stereocenters. The Hall–Kier alpha value is -0.770. The van der Waals surface area contributed by atoms with Gasteiger partial charge in [-0.15, -0.1) is 0 Å². The van der Waals surface area contributed by atoms with Crippen molar-refractivity contribution in [1.82, 2.24) is 0 Å². The predicted molar refractivity (Wildman–Crippen MR) is 44.1 cm³/mol. The second-order valence-electron chi connectivity index (χ2n) is 2.98. The van der Waals surface area contributed by atoms with Crippen LogP contribution in [0.5, 0.6) is 0 Å². The molecule has 72 valence electrons. The SMILES string of the molecule is CCC(C)CC(O)COC(=O)O. The van der Waals surface area contributed by atoms with E-state index in [4.69, 9.17) is 5.11 Å². The predicted octanol–water partition coefficient (Wildman–Crippen LogP) is 1.48. The van der Waals surface area contributed by atoms with E-state index in [-0.39, 0.29) is 6.61 Å². The highest BCUT2D eigenvalue weighted by Gasteiger charge is 2.10. The molecule has 0 heterocycles. The molecule has 0 aromatic carbocycles. The summed E-state index contributed by atoms with van der Waals surface area (Å²) in [6.07, 6.45) is -0.442. The molecular weight excluding hydrogens is 160 g/mol. The summed E-state index contributed by atoms with van der Waals surface area (Å²) >= 11 is 0. The fraction of sp³-hybridized carbons (Fsp3) is 0.875. The van der Waals surface area contributed by atoms with Gasteiger partial charge in [0.15, 0.2) is 0 Å². The Bertz CT molecular complexity index is 135. The van der Waals surface area contributed by atoms with E-state index in [1.54, 1.807) is 0 Å². The lowest BCUT2D eigenvalue weighted by molar-refractivity contribution is 0.0306. The van der Waals surface area contributed by atoms with Crippen LogP contribution < -0.4 is 0 Å². The lowest BCUT2D eigenvalue weighted by atomic mass is 10.0. The first-order valence-electron chi connectivity index (χ1n) is 4.10. The van der Waals surface area contributed by atoms with Gasteiger partial charge in [0.1, 0.15) is 6.61 Å². The molecule has 0 aliphatic carbocycles. The van der Waals surface area contributed by atoms with Gasteiger partial charge < -0.3 is 14.9 Å².